The number of benzene rings is 2. The predicted molar refractivity (Wildman–Crippen MR) is 73.6 cm³/mol. The van der Waals surface area contributed by atoms with Gasteiger partial charge in [-0.15, -0.1) is 0 Å². The lowest BCUT2D eigenvalue weighted by Gasteiger charge is -2.11. The van der Waals surface area contributed by atoms with Gasteiger partial charge in [-0.05, 0) is 24.1 Å². The summed E-state index contributed by atoms with van der Waals surface area (Å²) < 4.78 is 5.33. The Morgan fingerprint density at radius 1 is 1.16 bits per heavy atom. The molecular formula is C16H16O3. The Balaban J connectivity index is 2.22. The molecule has 2 rings (SSSR count). The highest BCUT2D eigenvalue weighted by molar-refractivity contribution is 5.68. The molecule has 0 amide bonds. The molecule has 3 heteroatoms. The fourth-order valence-electron chi connectivity index (χ4n) is 1.94. The number of carbonyl (C=O) groups is 1. The summed E-state index contributed by atoms with van der Waals surface area (Å²) >= 11 is 0. The lowest BCUT2D eigenvalue weighted by molar-refractivity contribution is -0.139. The lowest BCUT2D eigenvalue weighted by atomic mass is 10.0. The molecule has 19 heavy (non-hydrogen) atoms. The van der Waals surface area contributed by atoms with Crippen LogP contribution in [0.1, 0.15) is 16.7 Å². The lowest BCUT2D eigenvalue weighted by Crippen LogP contribution is -2.10. The monoisotopic (exact) mass is 256 g/mol. The normalized spacial score (nSPS) is 10.2. The maximum absolute atomic E-state index is 10.6. The first-order valence-electron chi connectivity index (χ1n) is 6.13. The Labute approximate surface area is 112 Å². The highest BCUT2D eigenvalue weighted by Crippen LogP contribution is 2.23. The Kier molecular flexibility index (Phi) is 4.18. The van der Waals surface area contributed by atoms with Gasteiger partial charge in [0, 0.05) is 6.42 Å². The second-order valence-corrected chi connectivity index (χ2v) is 4.46. The average Bonchev–Trinajstić information content (AvgIpc) is 2.39. The van der Waals surface area contributed by atoms with E-state index in [1.807, 2.05) is 55.5 Å². The van der Waals surface area contributed by atoms with Gasteiger partial charge >= 0.3 is 5.97 Å². The van der Waals surface area contributed by atoms with E-state index in [-0.39, 0.29) is 6.61 Å². The summed E-state index contributed by atoms with van der Waals surface area (Å²) in [5.41, 5.74) is 3.31. The zero-order valence-electron chi connectivity index (χ0n) is 10.8. The number of hydrogen-bond donors (Lipinski definition) is 1. The molecule has 2 aromatic rings. The summed E-state index contributed by atoms with van der Waals surface area (Å²) in [7, 11) is 0. The van der Waals surface area contributed by atoms with E-state index >= 15 is 0 Å². The first-order valence-corrected chi connectivity index (χ1v) is 6.13. The summed E-state index contributed by atoms with van der Waals surface area (Å²) in [4.78, 5) is 10.6. The van der Waals surface area contributed by atoms with Crippen molar-refractivity contribution in [1.29, 1.82) is 0 Å². The molecular weight excluding hydrogens is 240 g/mol. The van der Waals surface area contributed by atoms with Gasteiger partial charge in [0.25, 0.3) is 0 Å². The van der Waals surface area contributed by atoms with Crippen molar-refractivity contribution in [1.82, 2.24) is 0 Å². The topological polar surface area (TPSA) is 46.5 Å². The van der Waals surface area contributed by atoms with Crippen LogP contribution in [0.2, 0.25) is 0 Å². The molecule has 0 atom stereocenters. The summed E-state index contributed by atoms with van der Waals surface area (Å²) in [5.74, 6) is -0.330. The van der Waals surface area contributed by atoms with Crippen molar-refractivity contribution < 1.29 is 14.6 Å². The highest BCUT2D eigenvalue weighted by atomic mass is 16.5. The maximum Gasteiger partial charge on any atom is 0.341 e. The van der Waals surface area contributed by atoms with E-state index in [0.717, 1.165) is 17.5 Å². The molecule has 0 aliphatic carbocycles. The van der Waals surface area contributed by atoms with Crippen LogP contribution in [0.15, 0.2) is 48.5 Å². The van der Waals surface area contributed by atoms with Crippen LogP contribution in [0, 0.1) is 6.92 Å². The summed E-state index contributed by atoms with van der Waals surface area (Å²) in [6.45, 7) is 1.69. The molecule has 0 heterocycles. The van der Waals surface area contributed by atoms with E-state index in [4.69, 9.17) is 9.84 Å². The van der Waals surface area contributed by atoms with Gasteiger partial charge in [-0.25, -0.2) is 4.79 Å². The van der Waals surface area contributed by atoms with Crippen LogP contribution < -0.4 is 4.74 Å². The maximum atomic E-state index is 10.6. The Morgan fingerprint density at radius 3 is 2.58 bits per heavy atom. The molecule has 0 spiro atoms. The SMILES string of the molecule is Cc1ccc(OCC(=O)O)c(Cc2ccccc2)c1. The van der Waals surface area contributed by atoms with Crippen molar-refractivity contribution in [3.05, 3.63) is 65.2 Å². The van der Waals surface area contributed by atoms with Crippen LogP contribution in [-0.2, 0) is 11.2 Å². The minimum absolute atomic E-state index is 0.315. The number of rotatable bonds is 5. The van der Waals surface area contributed by atoms with E-state index in [0.29, 0.717) is 5.75 Å². The van der Waals surface area contributed by atoms with E-state index in [1.54, 1.807) is 0 Å². The molecule has 0 aromatic heterocycles. The van der Waals surface area contributed by atoms with Crippen molar-refractivity contribution >= 4 is 5.97 Å². The van der Waals surface area contributed by atoms with Gasteiger partial charge in [-0.2, -0.15) is 0 Å². The Morgan fingerprint density at radius 2 is 1.89 bits per heavy atom. The molecule has 0 radical (unpaired) electrons. The molecule has 0 saturated heterocycles. The average molecular weight is 256 g/mol. The van der Waals surface area contributed by atoms with Crippen LogP contribution in [-0.4, -0.2) is 17.7 Å². The van der Waals surface area contributed by atoms with E-state index < -0.39 is 5.97 Å². The Hall–Kier alpha value is -2.29. The number of aliphatic carboxylic acids is 1. The van der Waals surface area contributed by atoms with Crippen molar-refractivity contribution in [3.8, 4) is 5.75 Å². The molecule has 0 saturated carbocycles. The van der Waals surface area contributed by atoms with Crippen LogP contribution in [0.3, 0.4) is 0 Å². The third kappa shape index (κ3) is 3.85. The smallest absolute Gasteiger partial charge is 0.341 e. The number of aryl methyl sites for hydroxylation is 1. The Bertz CT molecular complexity index is 561. The molecule has 0 fully saturated rings. The van der Waals surface area contributed by atoms with Gasteiger partial charge in [0.15, 0.2) is 6.61 Å². The molecule has 1 N–H and O–H groups in total. The second kappa shape index (κ2) is 6.05. The number of ether oxygens (including phenoxy) is 1. The van der Waals surface area contributed by atoms with Gasteiger partial charge in [0.1, 0.15) is 5.75 Å². The summed E-state index contributed by atoms with van der Waals surface area (Å²) in [6.07, 6.45) is 0.734. The number of carboxylic acid groups (broad SMARTS) is 1. The third-order valence-electron chi connectivity index (χ3n) is 2.80. The summed E-state index contributed by atoms with van der Waals surface area (Å²) in [6, 6.07) is 15.8. The molecule has 0 bridgehead atoms. The molecule has 98 valence electrons. The fourth-order valence-corrected chi connectivity index (χ4v) is 1.94. The highest BCUT2D eigenvalue weighted by Gasteiger charge is 2.07. The standard InChI is InChI=1S/C16H16O3/c1-12-7-8-15(19-11-16(17)18)14(9-12)10-13-5-3-2-4-6-13/h2-9H,10-11H2,1H3,(H,17,18). The quantitative estimate of drug-likeness (QED) is 0.894. The zero-order chi connectivity index (χ0) is 13.7. The number of hydrogen-bond acceptors (Lipinski definition) is 2. The van der Waals surface area contributed by atoms with Crippen LogP contribution in [0.5, 0.6) is 5.75 Å². The van der Waals surface area contributed by atoms with Gasteiger partial charge in [0.2, 0.25) is 0 Å². The minimum atomic E-state index is -0.966. The van der Waals surface area contributed by atoms with E-state index in [2.05, 4.69) is 0 Å². The predicted octanol–water partition coefficient (Wildman–Crippen LogP) is 3.05. The van der Waals surface area contributed by atoms with Crippen LogP contribution >= 0.6 is 0 Å². The fraction of sp³-hybridized carbons (Fsp3) is 0.188. The van der Waals surface area contributed by atoms with E-state index in [9.17, 15) is 4.79 Å². The molecule has 2 aromatic carbocycles. The largest absolute Gasteiger partial charge is 0.482 e. The third-order valence-corrected chi connectivity index (χ3v) is 2.80. The van der Waals surface area contributed by atoms with E-state index in [1.165, 1.54) is 5.56 Å². The zero-order valence-corrected chi connectivity index (χ0v) is 10.8. The van der Waals surface area contributed by atoms with Gasteiger partial charge < -0.3 is 9.84 Å². The molecule has 0 aliphatic rings. The van der Waals surface area contributed by atoms with Crippen LogP contribution in [0.25, 0.3) is 0 Å². The van der Waals surface area contributed by atoms with Gasteiger partial charge in [-0.3, -0.25) is 0 Å². The van der Waals surface area contributed by atoms with Crippen molar-refractivity contribution in [2.45, 2.75) is 13.3 Å². The van der Waals surface area contributed by atoms with Crippen molar-refractivity contribution in [2.75, 3.05) is 6.61 Å². The molecule has 3 nitrogen and oxygen atoms in total. The van der Waals surface area contributed by atoms with Crippen molar-refractivity contribution in [3.63, 3.8) is 0 Å². The molecule has 0 aliphatic heterocycles. The minimum Gasteiger partial charge on any atom is -0.482 e. The first kappa shape index (κ1) is 13.1. The first-order chi connectivity index (χ1) is 9.15. The van der Waals surface area contributed by atoms with Gasteiger partial charge in [0.05, 0.1) is 0 Å². The molecule has 0 unspecified atom stereocenters. The van der Waals surface area contributed by atoms with Crippen LogP contribution in [0.4, 0.5) is 0 Å². The van der Waals surface area contributed by atoms with Gasteiger partial charge in [-0.1, -0.05) is 48.0 Å². The number of carboxylic acids is 1. The van der Waals surface area contributed by atoms with Crippen molar-refractivity contribution in [2.24, 2.45) is 0 Å². The second-order valence-electron chi connectivity index (χ2n) is 4.46. The summed E-state index contributed by atoms with van der Waals surface area (Å²) in [5, 5.41) is 8.69.